The second-order valence-corrected chi connectivity index (χ2v) is 5.98. The van der Waals surface area contributed by atoms with Gasteiger partial charge in [-0.2, -0.15) is 5.10 Å². The van der Waals surface area contributed by atoms with Crippen molar-refractivity contribution in [1.82, 2.24) is 9.78 Å². The first kappa shape index (κ1) is 18.1. The summed E-state index contributed by atoms with van der Waals surface area (Å²) < 4.78 is 6.77. The Labute approximate surface area is 155 Å². The Hall–Kier alpha value is -3.68. The number of hydrogen-bond acceptors (Lipinski definition) is 5. The fourth-order valence-electron chi connectivity index (χ4n) is 2.73. The zero-order valence-electron chi connectivity index (χ0n) is 15.1. The number of aromatic nitrogens is 2. The van der Waals surface area contributed by atoms with Crippen molar-refractivity contribution < 1.29 is 14.5 Å². The third-order valence-electron chi connectivity index (χ3n) is 4.03. The van der Waals surface area contributed by atoms with Crippen molar-refractivity contribution in [3.8, 4) is 11.4 Å². The number of carbonyl (C=O) groups excluding carboxylic acids is 1. The maximum absolute atomic E-state index is 12.5. The van der Waals surface area contributed by atoms with E-state index in [9.17, 15) is 14.9 Å². The molecule has 0 aliphatic rings. The molecule has 8 heteroatoms. The molecule has 1 heterocycles. The third kappa shape index (κ3) is 3.79. The maximum atomic E-state index is 12.5. The molecule has 0 saturated heterocycles. The number of hydrogen-bond donors (Lipinski definition) is 1. The summed E-state index contributed by atoms with van der Waals surface area (Å²) in [6.07, 6.45) is 0. The fraction of sp³-hybridized carbons (Fsp3) is 0.158. The van der Waals surface area contributed by atoms with Crippen molar-refractivity contribution in [2.24, 2.45) is 0 Å². The van der Waals surface area contributed by atoms with E-state index in [4.69, 9.17) is 4.74 Å². The summed E-state index contributed by atoms with van der Waals surface area (Å²) in [5.41, 5.74) is 2.97. The summed E-state index contributed by atoms with van der Waals surface area (Å²) in [6.45, 7) is 3.86. The van der Waals surface area contributed by atoms with Gasteiger partial charge in [-0.1, -0.05) is 0 Å². The van der Waals surface area contributed by atoms with Gasteiger partial charge in [-0.15, -0.1) is 0 Å². The van der Waals surface area contributed by atoms with Crippen molar-refractivity contribution >= 4 is 17.3 Å². The molecule has 1 aromatic heterocycles. The van der Waals surface area contributed by atoms with Gasteiger partial charge in [0.05, 0.1) is 29.5 Å². The normalized spacial score (nSPS) is 10.5. The monoisotopic (exact) mass is 366 g/mol. The standard InChI is InChI=1S/C19H18N4O4/c1-12-10-13(2)22(21-12)15-6-4-14(5-7-15)19(24)20-17-9-8-16(27-3)11-18(17)23(25)26/h4-11H,1-3H3,(H,20,24). The number of methoxy groups -OCH3 is 1. The minimum atomic E-state index is -0.565. The van der Waals surface area contributed by atoms with Gasteiger partial charge in [0.2, 0.25) is 0 Å². The molecule has 27 heavy (non-hydrogen) atoms. The average molecular weight is 366 g/mol. The molecule has 0 unspecified atom stereocenters. The number of benzene rings is 2. The highest BCUT2D eigenvalue weighted by molar-refractivity contribution is 6.05. The number of carbonyl (C=O) groups is 1. The van der Waals surface area contributed by atoms with Crippen LogP contribution in [-0.4, -0.2) is 27.7 Å². The number of amides is 1. The minimum absolute atomic E-state index is 0.105. The minimum Gasteiger partial charge on any atom is -0.496 e. The molecular weight excluding hydrogens is 348 g/mol. The van der Waals surface area contributed by atoms with Crippen LogP contribution in [0.1, 0.15) is 21.7 Å². The molecule has 3 aromatic rings. The van der Waals surface area contributed by atoms with E-state index in [0.29, 0.717) is 11.3 Å². The van der Waals surface area contributed by atoms with E-state index in [1.165, 1.54) is 19.2 Å². The van der Waals surface area contributed by atoms with Gasteiger partial charge in [0.25, 0.3) is 11.6 Å². The molecule has 8 nitrogen and oxygen atoms in total. The molecule has 2 aromatic carbocycles. The zero-order chi connectivity index (χ0) is 19.6. The van der Waals surface area contributed by atoms with Crippen molar-refractivity contribution in [3.05, 3.63) is 75.6 Å². The van der Waals surface area contributed by atoms with Crippen molar-refractivity contribution in [1.29, 1.82) is 0 Å². The van der Waals surface area contributed by atoms with E-state index in [2.05, 4.69) is 10.4 Å². The van der Waals surface area contributed by atoms with E-state index in [1.54, 1.807) is 35.0 Å². The first-order chi connectivity index (χ1) is 12.9. The van der Waals surface area contributed by atoms with E-state index in [0.717, 1.165) is 17.1 Å². The number of aryl methyl sites for hydroxylation is 2. The number of nitro benzene ring substituents is 1. The van der Waals surface area contributed by atoms with Crippen LogP contribution in [0, 0.1) is 24.0 Å². The second kappa shape index (κ2) is 7.28. The molecular formula is C19H18N4O4. The molecule has 0 saturated carbocycles. The first-order valence-corrected chi connectivity index (χ1v) is 8.16. The van der Waals surface area contributed by atoms with Crippen molar-refractivity contribution in [2.75, 3.05) is 12.4 Å². The van der Waals surface area contributed by atoms with E-state index < -0.39 is 10.8 Å². The van der Waals surface area contributed by atoms with Crippen LogP contribution in [0.2, 0.25) is 0 Å². The number of ether oxygens (including phenoxy) is 1. The van der Waals surface area contributed by atoms with Crippen molar-refractivity contribution in [2.45, 2.75) is 13.8 Å². The molecule has 1 N–H and O–H groups in total. The molecule has 0 aliphatic carbocycles. The third-order valence-corrected chi connectivity index (χ3v) is 4.03. The van der Waals surface area contributed by atoms with Crippen LogP contribution in [0.3, 0.4) is 0 Å². The van der Waals surface area contributed by atoms with Crippen LogP contribution in [0.25, 0.3) is 5.69 Å². The smallest absolute Gasteiger partial charge is 0.296 e. The number of nitrogens with zero attached hydrogens (tertiary/aromatic N) is 3. The molecule has 0 fully saturated rings. The zero-order valence-corrected chi connectivity index (χ0v) is 15.1. The summed E-state index contributed by atoms with van der Waals surface area (Å²) in [5, 5.41) is 18.2. The Kier molecular flexibility index (Phi) is 4.89. The molecule has 0 bridgehead atoms. The van der Waals surface area contributed by atoms with Gasteiger partial charge in [0.1, 0.15) is 11.4 Å². The Balaban J connectivity index is 1.83. The highest BCUT2D eigenvalue weighted by Crippen LogP contribution is 2.29. The predicted octanol–water partition coefficient (Wildman–Crippen LogP) is 3.66. The summed E-state index contributed by atoms with van der Waals surface area (Å²) >= 11 is 0. The first-order valence-electron chi connectivity index (χ1n) is 8.16. The molecule has 138 valence electrons. The van der Waals surface area contributed by atoms with E-state index in [-0.39, 0.29) is 11.4 Å². The fourth-order valence-corrected chi connectivity index (χ4v) is 2.73. The maximum Gasteiger partial charge on any atom is 0.296 e. The number of anilines is 1. The quantitative estimate of drug-likeness (QED) is 0.549. The second-order valence-electron chi connectivity index (χ2n) is 5.98. The van der Waals surface area contributed by atoms with Crippen LogP contribution in [0.4, 0.5) is 11.4 Å². The molecule has 0 spiro atoms. The Morgan fingerprint density at radius 3 is 2.41 bits per heavy atom. The summed E-state index contributed by atoms with van der Waals surface area (Å²) in [6, 6.07) is 13.1. The van der Waals surface area contributed by atoms with Gasteiger partial charge in [-0.25, -0.2) is 4.68 Å². The van der Waals surface area contributed by atoms with Gasteiger partial charge in [0.15, 0.2) is 0 Å². The summed E-state index contributed by atoms with van der Waals surface area (Å²) in [5.74, 6) is -0.0999. The van der Waals surface area contributed by atoms with Crippen molar-refractivity contribution in [3.63, 3.8) is 0 Å². The summed E-state index contributed by atoms with van der Waals surface area (Å²) in [7, 11) is 1.42. The average Bonchev–Trinajstić information content (AvgIpc) is 3.00. The Morgan fingerprint density at radius 2 is 1.85 bits per heavy atom. The Bertz CT molecular complexity index is 1010. The summed E-state index contributed by atoms with van der Waals surface area (Å²) in [4.78, 5) is 23.1. The van der Waals surface area contributed by atoms with Crippen LogP contribution in [0.15, 0.2) is 48.5 Å². The number of nitro groups is 1. The van der Waals surface area contributed by atoms with E-state index >= 15 is 0 Å². The lowest BCUT2D eigenvalue weighted by Crippen LogP contribution is -2.13. The largest absolute Gasteiger partial charge is 0.496 e. The lowest BCUT2D eigenvalue weighted by Gasteiger charge is -2.09. The molecule has 0 atom stereocenters. The lowest BCUT2D eigenvalue weighted by atomic mass is 10.1. The topological polar surface area (TPSA) is 99.3 Å². The molecule has 3 rings (SSSR count). The van der Waals surface area contributed by atoms with Crippen LogP contribution >= 0.6 is 0 Å². The van der Waals surface area contributed by atoms with Crippen LogP contribution in [0.5, 0.6) is 5.75 Å². The van der Waals surface area contributed by atoms with Gasteiger partial charge in [-0.3, -0.25) is 14.9 Å². The van der Waals surface area contributed by atoms with Crippen LogP contribution in [-0.2, 0) is 0 Å². The van der Waals surface area contributed by atoms with Gasteiger partial charge in [-0.05, 0) is 56.3 Å². The van der Waals surface area contributed by atoms with Gasteiger partial charge >= 0.3 is 0 Å². The highest BCUT2D eigenvalue weighted by atomic mass is 16.6. The van der Waals surface area contributed by atoms with E-state index in [1.807, 2.05) is 19.9 Å². The lowest BCUT2D eigenvalue weighted by molar-refractivity contribution is -0.384. The molecule has 0 radical (unpaired) electrons. The SMILES string of the molecule is COc1ccc(NC(=O)c2ccc(-n3nc(C)cc3C)cc2)c([N+](=O)[O-])c1. The highest BCUT2D eigenvalue weighted by Gasteiger charge is 2.18. The predicted molar refractivity (Wildman–Crippen MR) is 101 cm³/mol. The van der Waals surface area contributed by atoms with Gasteiger partial charge < -0.3 is 10.1 Å². The number of rotatable bonds is 5. The molecule has 0 aliphatic heterocycles. The Morgan fingerprint density at radius 1 is 1.15 bits per heavy atom. The molecule has 1 amide bonds. The van der Waals surface area contributed by atoms with Crippen LogP contribution < -0.4 is 10.1 Å². The number of nitrogens with one attached hydrogen (secondary N) is 1. The van der Waals surface area contributed by atoms with Gasteiger partial charge in [0, 0.05) is 11.3 Å².